The summed E-state index contributed by atoms with van der Waals surface area (Å²) in [6, 6.07) is 5.82. The maximum Gasteiger partial charge on any atom is 0.125 e. The summed E-state index contributed by atoms with van der Waals surface area (Å²) < 4.78 is 6.56. The van der Waals surface area contributed by atoms with Gasteiger partial charge in [0.05, 0.1) is 5.03 Å². The summed E-state index contributed by atoms with van der Waals surface area (Å²) in [5, 5.41) is 3.74. The minimum absolute atomic E-state index is 0.285. The van der Waals surface area contributed by atoms with Crippen molar-refractivity contribution in [3.63, 3.8) is 0 Å². The Morgan fingerprint density at radius 3 is 2.94 bits per heavy atom. The van der Waals surface area contributed by atoms with Crippen molar-refractivity contribution in [3.8, 4) is 5.75 Å². The van der Waals surface area contributed by atoms with Crippen LogP contribution in [0, 0.1) is 0 Å². The molecule has 0 amide bonds. The standard InChI is InChI=1S/C12H14BrCl2NO/c1-2-16-7-9-5-11(3-4-12(9)13)17-8-10(15)6-14/h3-6,16H,2,7-8H2,1H3/b10-6-. The first kappa shape index (κ1) is 14.8. The van der Waals surface area contributed by atoms with Gasteiger partial charge >= 0.3 is 0 Å². The van der Waals surface area contributed by atoms with Gasteiger partial charge in [-0.15, -0.1) is 0 Å². The second kappa shape index (κ2) is 7.98. The van der Waals surface area contributed by atoms with Crippen LogP contribution in [0.25, 0.3) is 0 Å². The molecule has 1 N–H and O–H groups in total. The van der Waals surface area contributed by atoms with Crippen molar-refractivity contribution >= 4 is 39.1 Å². The van der Waals surface area contributed by atoms with Crippen LogP contribution < -0.4 is 10.1 Å². The lowest BCUT2D eigenvalue weighted by molar-refractivity contribution is 0.359. The summed E-state index contributed by atoms with van der Waals surface area (Å²) in [5.74, 6) is 0.776. The van der Waals surface area contributed by atoms with Crippen LogP contribution in [0.5, 0.6) is 5.75 Å². The molecule has 0 fully saturated rings. The Bertz CT molecular complexity index is 396. The lowest BCUT2D eigenvalue weighted by Crippen LogP contribution is -2.12. The Hall–Kier alpha value is -0.220. The van der Waals surface area contributed by atoms with Crippen molar-refractivity contribution in [2.75, 3.05) is 13.2 Å². The summed E-state index contributed by atoms with van der Waals surface area (Å²) in [4.78, 5) is 0. The second-order valence-corrected chi connectivity index (χ2v) is 4.94. The Morgan fingerprint density at radius 2 is 2.29 bits per heavy atom. The molecule has 0 aliphatic carbocycles. The van der Waals surface area contributed by atoms with E-state index in [1.165, 1.54) is 5.54 Å². The van der Waals surface area contributed by atoms with E-state index in [2.05, 4.69) is 28.2 Å². The zero-order chi connectivity index (χ0) is 12.7. The van der Waals surface area contributed by atoms with E-state index in [0.29, 0.717) is 5.03 Å². The third-order valence-corrected chi connectivity index (χ3v) is 3.44. The average Bonchev–Trinajstić information content (AvgIpc) is 2.35. The molecule has 1 rings (SSSR count). The summed E-state index contributed by atoms with van der Waals surface area (Å²) in [6.45, 7) is 4.08. The van der Waals surface area contributed by atoms with E-state index in [9.17, 15) is 0 Å². The summed E-state index contributed by atoms with van der Waals surface area (Å²) in [7, 11) is 0. The van der Waals surface area contributed by atoms with Gasteiger partial charge in [-0.1, -0.05) is 46.1 Å². The minimum atomic E-state index is 0.285. The first-order valence-corrected chi connectivity index (χ1v) is 6.84. The monoisotopic (exact) mass is 337 g/mol. The van der Waals surface area contributed by atoms with Gasteiger partial charge < -0.3 is 10.1 Å². The van der Waals surface area contributed by atoms with Gasteiger partial charge in [-0.2, -0.15) is 0 Å². The molecule has 0 spiro atoms. The number of ether oxygens (including phenoxy) is 1. The van der Waals surface area contributed by atoms with Gasteiger partial charge in [0, 0.05) is 16.6 Å². The fourth-order valence-electron chi connectivity index (χ4n) is 1.22. The van der Waals surface area contributed by atoms with Gasteiger partial charge in [0.15, 0.2) is 0 Å². The van der Waals surface area contributed by atoms with Crippen LogP contribution in [0.1, 0.15) is 12.5 Å². The second-order valence-electron chi connectivity index (χ2n) is 3.38. The Kier molecular flexibility index (Phi) is 6.97. The minimum Gasteiger partial charge on any atom is -0.488 e. The van der Waals surface area contributed by atoms with Crippen LogP contribution in [0.2, 0.25) is 0 Å². The largest absolute Gasteiger partial charge is 0.488 e. The molecule has 1 aromatic carbocycles. The molecule has 0 unspecified atom stereocenters. The molecule has 0 heterocycles. The Labute approximate surface area is 120 Å². The molecule has 0 aliphatic heterocycles. The molecule has 5 heteroatoms. The van der Waals surface area contributed by atoms with Gasteiger partial charge in [-0.25, -0.2) is 0 Å². The van der Waals surface area contributed by atoms with E-state index in [4.69, 9.17) is 27.9 Å². The van der Waals surface area contributed by atoms with Crippen molar-refractivity contribution < 1.29 is 4.74 Å². The molecule has 0 radical (unpaired) electrons. The molecule has 0 aliphatic rings. The highest BCUT2D eigenvalue weighted by Crippen LogP contribution is 2.23. The van der Waals surface area contributed by atoms with Crippen LogP contribution in [0.4, 0.5) is 0 Å². The van der Waals surface area contributed by atoms with Gasteiger partial charge in [-0.05, 0) is 30.3 Å². The molecule has 94 valence electrons. The van der Waals surface area contributed by atoms with Crippen molar-refractivity contribution in [2.24, 2.45) is 0 Å². The van der Waals surface area contributed by atoms with Crippen molar-refractivity contribution in [1.82, 2.24) is 5.32 Å². The van der Waals surface area contributed by atoms with E-state index in [1.54, 1.807) is 0 Å². The first-order valence-electron chi connectivity index (χ1n) is 5.24. The maximum atomic E-state index is 5.75. The molecule has 1 aromatic rings. The highest BCUT2D eigenvalue weighted by Gasteiger charge is 2.03. The van der Waals surface area contributed by atoms with Gasteiger partial charge in [0.2, 0.25) is 0 Å². The third-order valence-electron chi connectivity index (χ3n) is 2.08. The molecular weight excluding hydrogens is 325 g/mol. The Balaban J connectivity index is 2.67. The van der Waals surface area contributed by atoms with Crippen molar-refractivity contribution in [3.05, 3.63) is 38.8 Å². The molecule has 0 saturated carbocycles. The molecular formula is C12H14BrCl2NO. The molecule has 0 bridgehead atoms. The number of rotatable bonds is 6. The lowest BCUT2D eigenvalue weighted by atomic mass is 10.2. The van der Waals surface area contributed by atoms with Gasteiger partial charge in [-0.3, -0.25) is 0 Å². The number of benzene rings is 1. The van der Waals surface area contributed by atoms with Crippen LogP contribution in [-0.4, -0.2) is 13.2 Å². The fourth-order valence-corrected chi connectivity index (χ4v) is 1.72. The quantitative estimate of drug-likeness (QED) is 0.836. The highest BCUT2D eigenvalue weighted by molar-refractivity contribution is 9.10. The molecule has 0 saturated heterocycles. The molecule has 0 aromatic heterocycles. The first-order chi connectivity index (χ1) is 8.17. The molecule has 2 nitrogen and oxygen atoms in total. The van der Waals surface area contributed by atoms with Crippen molar-refractivity contribution in [1.29, 1.82) is 0 Å². The average molecular weight is 339 g/mol. The predicted molar refractivity (Wildman–Crippen MR) is 76.8 cm³/mol. The smallest absolute Gasteiger partial charge is 0.125 e. The number of halogens is 3. The van der Waals surface area contributed by atoms with Crippen LogP contribution in [0.3, 0.4) is 0 Å². The van der Waals surface area contributed by atoms with E-state index in [0.717, 1.165) is 28.9 Å². The number of hydrogen-bond donors (Lipinski definition) is 1. The Morgan fingerprint density at radius 1 is 1.53 bits per heavy atom. The fraction of sp³-hybridized carbons (Fsp3) is 0.333. The molecule has 0 atom stereocenters. The van der Waals surface area contributed by atoms with E-state index < -0.39 is 0 Å². The topological polar surface area (TPSA) is 21.3 Å². The summed E-state index contributed by atoms with van der Waals surface area (Å²) >= 11 is 14.7. The predicted octanol–water partition coefficient (Wildman–Crippen LogP) is 4.26. The lowest BCUT2D eigenvalue weighted by Gasteiger charge is -2.09. The van der Waals surface area contributed by atoms with E-state index in [1.807, 2.05) is 18.2 Å². The van der Waals surface area contributed by atoms with Crippen LogP contribution in [-0.2, 0) is 6.54 Å². The summed E-state index contributed by atoms with van der Waals surface area (Å²) in [6.07, 6.45) is 0. The van der Waals surface area contributed by atoms with E-state index >= 15 is 0 Å². The SMILES string of the molecule is CCNCc1cc(OC/C(Cl)=C/Cl)ccc1Br. The number of nitrogens with one attached hydrogen (secondary N) is 1. The third kappa shape index (κ3) is 5.30. The highest BCUT2D eigenvalue weighted by atomic mass is 79.9. The summed E-state index contributed by atoms with van der Waals surface area (Å²) in [5.41, 5.74) is 2.45. The van der Waals surface area contributed by atoms with Crippen molar-refractivity contribution in [2.45, 2.75) is 13.5 Å². The zero-order valence-corrected chi connectivity index (χ0v) is 12.6. The van der Waals surface area contributed by atoms with Crippen LogP contribution >= 0.6 is 39.1 Å². The van der Waals surface area contributed by atoms with E-state index in [-0.39, 0.29) is 6.61 Å². The van der Waals surface area contributed by atoms with Gasteiger partial charge in [0.25, 0.3) is 0 Å². The normalized spacial score (nSPS) is 11.6. The zero-order valence-electron chi connectivity index (χ0n) is 9.47. The number of hydrogen-bond acceptors (Lipinski definition) is 2. The molecule has 17 heavy (non-hydrogen) atoms. The van der Waals surface area contributed by atoms with Crippen LogP contribution in [0.15, 0.2) is 33.2 Å². The van der Waals surface area contributed by atoms with Gasteiger partial charge in [0.1, 0.15) is 12.4 Å². The maximum absolute atomic E-state index is 5.75.